The lowest BCUT2D eigenvalue weighted by molar-refractivity contribution is -0.623. The van der Waals surface area contributed by atoms with E-state index in [4.69, 9.17) is 5.26 Å². The van der Waals surface area contributed by atoms with Gasteiger partial charge in [0.15, 0.2) is 0 Å². The van der Waals surface area contributed by atoms with Crippen LogP contribution in [0.3, 0.4) is 0 Å². The molecule has 0 saturated carbocycles. The lowest BCUT2D eigenvalue weighted by Crippen LogP contribution is -2.28. The molecule has 0 amide bonds. The Bertz CT molecular complexity index is 461. The first kappa shape index (κ1) is 34.3. The second kappa shape index (κ2) is 26.3. The van der Waals surface area contributed by atoms with Gasteiger partial charge >= 0.3 is 7.60 Å². The minimum atomic E-state index is -4.05. The molecule has 34 heavy (non-hydrogen) atoms. The summed E-state index contributed by atoms with van der Waals surface area (Å²) in [4.78, 5) is 23.8. The molecule has 5 N–H and O–H groups in total. The Morgan fingerprint density at radius 3 is 2.06 bits per heavy atom. The molecular weight excluding hydrogens is 479 g/mol. The van der Waals surface area contributed by atoms with E-state index < -0.39 is 13.3 Å². The van der Waals surface area contributed by atoms with E-state index in [2.05, 4.69) is 32.5 Å². The quantitative estimate of drug-likeness (QED) is 0.0394. The molecule has 1 unspecified atom stereocenters. The molecule has 0 fully saturated rings. The average Bonchev–Trinajstić information content (AvgIpc) is 2.80. The highest BCUT2D eigenvalue weighted by atomic mass is 32.2. The van der Waals surface area contributed by atoms with Crippen molar-refractivity contribution in [2.45, 2.75) is 102 Å². The van der Waals surface area contributed by atoms with Gasteiger partial charge in [0, 0.05) is 6.54 Å². The molecule has 1 atom stereocenters. The summed E-state index contributed by atoms with van der Waals surface area (Å²) in [7, 11) is -4.05. The molecule has 0 radical (unpaired) electrons. The summed E-state index contributed by atoms with van der Waals surface area (Å²) in [5.74, 6) is 2.02. The Morgan fingerprint density at radius 1 is 0.794 bits per heavy atom. The largest absolute Gasteiger partial charge is 0.329 e. The predicted octanol–water partition coefficient (Wildman–Crippen LogP) is 5.28. The van der Waals surface area contributed by atoms with E-state index >= 15 is 0 Å². The van der Waals surface area contributed by atoms with Gasteiger partial charge < -0.3 is 20.4 Å². The van der Waals surface area contributed by atoms with E-state index in [1.807, 2.05) is 11.8 Å². The van der Waals surface area contributed by atoms with E-state index in [1.165, 1.54) is 38.5 Å². The highest BCUT2D eigenvalue weighted by Gasteiger charge is 2.27. The third-order valence-corrected chi connectivity index (χ3v) is 8.24. The van der Waals surface area contributed by atoms with E-state index in [-0.39, 0.29) is 0 Å². The van der Waals surface area contributed by atoms with Gasteiger partial charge in [-0.05, 0) is 79.7 Å². The summed E-state index contributed by atoms with van der Waals surface area (Å²) >= 11 is 1.87. The fourth-order valence-corrected chi connectivity index (χ4v) is 5.44. The van der Waals surface area contributed by atoms with Crippen LogP contribution in [0.4, 0.5) is 0 Å². The number of thioether (sulfide) groups is 1. The van der Waals surface area contributed by atoms with Gasteiger partial charge in [0.25, 0.3) is 0 Å². The minimum absolute atomic E-state index is 0.409. The maximum absolute atomic E-state index is 11.8. The Labute approximate surface area is 211 Å². The molecule has 0 aromatic rings. The number of rotatable bonds is 28. The molecule has 0 aromatic heterocycles. The molecule has 11 heteroatoms. The normalized spacial score (nSPS) is 12.9. The molecule has 0 aliphatic carbocycles. The topological polar surface area (TPSA) is 130 Å². The van der Waals surface area contributed by atoms with Gasteiger partial charge in [-0.1, -0.05) is 58.3 Å². The first-order valence-electron chi connectivity index (χ1n) is 13.2. The second-order valence-electron chi connectivity index (χ2n) is 8.81. The summed E-state index contributed by atoms with van der Waals surface area (Å²) in [6, 6.07) is 0. The van der Waals surface area contributed by atoms with Crippen molar-refractivity contribution in [3.05, 3.63) is 0 Å². The monoisotopic (exact) mass is 530 g/mol. The van der Waals surface area contributed by atoms with Gasteiger partial charge in [0.05, 0.1) is 12.3 Å². The van der Waals surface area contributed by atoms with Crippen LogP contribution in [0.2, 0.25) is 0 Å². The van der Waals surface area contributed by atoms with Crippen LogP contribution in [0, 0.1) is 0 Å². The van der Waals surface area contributed by atoms with Crippen LogP contribution in [0.15, 0.2) is 0 Å². The molecule has 0 bridgehead atoms. The van der Waals surface area contributed by atoms with Crippen LogP contribution in [0.25, 0.3) is 0 Å². The molecule has 0 spiro atoms. The maximum atomic E-state index is 11.8. The van der Waals surface area contributed by atoms with Crippen molar-refractivity contribution in [3.63, 3.8) is 0 Å². The van der Waals surface area contributed by atoms with Gasteiger partial charge in [0.2, 0.25) is 0 Å². The standard InChI is InChI=1S/C23H51N2O7PS/c1-2-3-4-5-7-11-17-25-22-23(33(27,28)29)15-13-20-34-21-14-18-24-16-10-8-6-9-12-19-30-32-31-26/h23-26H,2-22H2,1H3,(H2,27,28,29). The fourth-order valence-electron chi connectivity index (χ4n) is 3.63. The molecule has 0 aromatic carbocycles. The van der Waals surface area contributed by atoms with Crippen LogP contribution in [-0.4, -0.2) is 65.0 Å². The maximum Gasteiger partial charge on any atom is 0.329 e. The van der Waals surface area contributed by atoms with Gasteiger partial charge in [-0.2, -0.15) is 11.8 Å². The van der Waals surface area contributed by atoms with Crippen LogP contribution >= 0.6 is 19.4 Å². The van der Waals surface area contributed by atoms with Crippen molar-refractivity contribution < 1.29 is 34.6 Å². The lowest BCUT2D eigenvalue weighted by atomic mass is 10.1. The van der Waals surface area contributed by atoms with Crippen LogP contribution in [-0.2, 0) is 19.5 Å². The Balaban J connectivity index is 3.49. The van der Waals surface area contributed by atoms with Gasteiger partial charge in [-0.15, -0.1) is 0 Å². The fraction of sp³-hybridized carbons (Fsp3) is 1.00. The lowest BCUT2D eigenvalue weighted by Gasteiger charge is -2.19. The number of unbranched alkanes of at least 4 members (excludes halogenated alkanes) is 9. The summed E-state index contributed by atoms with van der Waals surface area (Å²) in [6.07, 6.45) is 15.3. The van der Waals surface area contributed by atoms with E-state index in [0.29, 0.717) is 19.6 Å². The third kappa shape index (κ3) is 25.4. The summed E-state index contributed by atoms with van der Waals surface area (Å²) in [6.45, 7) is 5.91. The predicted molar refractivity (Wildman–Crippen MR) is 140 cm³/mol. The van der Waals surface area contributed by atoms with Crippen LogP contribution < -0.4 is 10.6 Å². The third-order valence-electron chi connectivity index (χ3n) is 5.69. The second-order valence-corrected chi connectivity index (χ2v) is 11.9. The van der Waals surface area contributed by atoms with Crippen molar-refractivity contribution >= 4 is 19.4 Å². The Morgan fingerprint density at radius 2 is 1.38 bits per heavy atom. The minimum Gasteiger partial charge on any atom is -0.324 e. The molecule has 0 saturated heterocycles. The number of hydrogen-bond donors (Lipinski definition) is 5. The van der Waals surface area contributed by atoms with Gasteiger partial charge in [0.1, 0.15) is 0 Å². The summed E-state index contributed by atoms with van der Waals surface area (Å²) < 4.78 is 11.8. The highest BCUT2D eigenvalue weighted by Crippen LogP contribution is 2.43. The zero-order valence-electron chi connectivity index (χ0n) is 21.3. The van der Waals surface area contributed by atoms with Crippen molar-refractivity contribution in [1.29, 1.82) is 0 Å². The zero-order chi connectivity index (χ0) is 25.2. The molecule has 0 heterocycles. The molecule has 0 aliphatic heterocycles. The van der Waals surface area contributed by atoms with Crippen molar-refractivity contribution in [2.75, 3.05) is 44.3 Å². The van der Waals surface area contributed by atoms with E-state index in [1.54, 1.807) is 0 Å². The summed E-state index contributed by atoms with van der Waals surface area (Å²) in [5, 5.41) is 21.9. The van der Waals surface area contributed by atoms with E-state index in [0.717, 1.165) is 76.1 Å². The molecule has 206 valence electrons. The van der Waals surface area contributed by atoms with Crippen molar-refractivity contribution in [2.24, 2.45) is 0 Å². The smallest absolute Gasteiger partial charge is 0.324 e. The Hall–Kier alpha value is 0.260. The van der Waals surface area contributed by atoms with Gasteiger partial charge in [-0.3, -0.25) is 4.57 Å². The van der Waals surface area contributed by atoms with Crippen molar-refractivity contribution in [1.82, 2.24) is 10.6 Å². The first-order chi connectivity index (χ1) is 16.5. The van der Waals surface area contributed by atoms with Gasteiger partial charge in [-0.25, -0.2) is 10.1 Å². The van der Waals surface area contributed by atoms with Crippen LogP contribution in [0.5, 0.6) is 0 Å². The van der Waals surface area contributed by atoms with Crippen molar-refractivity contribution in [3.8, 4) is 0 Å². The first-order valence-corrected chi connectivity index (χ1v) is 16.0. The number of hydrogen-bond acceptors (Lipinski definition) is 8. The van der Waals surface area contributed by atoms with Crippen LogP contribution in [0.1, 0.15) is 96.8 Å². The molecule has 9 nitrogen and oxygen atoms in total. The van der Waals surface area contributed by atoms with E-state index in [9.17, 15) is 14.4 Å². The summed E-state index contributed by atoms with van der Waals surface area (Å²) in [5.41, 5.74) is -0.565. The molecule has 0 aliphatic rings. The molecular formula is C23H51N2O7PS. The SMILES string of the molecule is CCCCCCCCNCC(CCCSCCCNCCCCCCCOOOO)P(=O)(O)O. The average molecular weight is 531 g/mol. The molecule has 0 rings (SSSR count). The Kier molecular flexibility index (Phi) is 26.5. The zero-order valence-corrected chi connectivity index (χ0v) is 23.0. The highest BCUT2D eigenvalue weighted by molar-refractivity contribution is 7.99. The number of nitrogens with one attached hydrogen (secondary N) is 2.